The minimum Gasteiger partial charge on any atom is -0.484 e. The zero-order chi connectivity index (χ0) is 17.8. The van der Waals surface area contributed by atoms with E-state index in [1.165, 1.54) is 24.3 Å². The maximum absolute atomic E-state index is 12.9. The maximum atomic E-state index is 12.9. The van der Waals surface area contributed by atoms with Gasteiger partial charge in [0.1, 0.15) is 17.7 Å². The van der Waals surface area contributed by atoms with Crippen LogP contribution in [0.4, 0.5) is 4.39 Å². The third-order valence-corrected chi connectivity index (χ3v) is 3.94. The summed E-state index contributed by atoms with van der Waals surface area (Å²) in [5.41, 5.74) is 0. The number of carbonyl (C=O) groups is 1. The first-order valence-corrected chi connectivity index (χ1v) is 8.23. The number of benzene rings is 1. The van der Waals surface area contributed by atoms with Crippen LogP contribution in [0.15, 0.2) is 24.3 Å². The average molecular weight is 348 g/mol. The second-order valence-electron chi connectivity index (χ2n) is 6.18. The summed E-state index contributed by atoms with van der Waals surface area (Å²) in [4.78, 5) is 18.5. The molecule has 7 nitrogen and oxygen atoms in total. The number of morpholine rings is 1. The van der Waals surface area contributed by atoms with Crippen molar-refractivity contribution in [1.29, 1.82) is 0 Å². The van der Waals surface area contributed by atoms with Crippen molar-refractivity contribution < 1.29 is 18.7 Å². The average Bonchev–Trinajstić information content (AvgIpc) is 3.11. The first-order valence-electron chi connectivity index (χ1n) is 8.23. The van der Waals surface area contributed by atoms with E-state index in [0.717, 1.165) is 5.82 Å². The number of amides is 1. The Kier molecular flexibility index (Phi) is 5.28. The highest BCUT2D eigenvalue weighted by atomic mass is 19.1. The summed E-state index contributed by atoms with van der Waals surface area (Å²) in [6.45, 7) is 5.22. The molecule has 3 rings (SSSR count). The van der Waals surface area contributed by atoms with Crippen molar-refractivity contribution in [2.75, 3.05) is 26.3 Å². The Hall–Kier alpha value is -2.48. The van der Waals surface area contributed by atoms with Crippen LogP contribution in [0.1, 0.15) is 37.5 Å². The number of aromatic nitrogens is 3. The predicted molar refractivity (Wildman–Crippen MR) is 87.6 cm³/mol. The van der Waals surface area contributed by atoms with Crippen LogP contribution in [0, 0.1) is 5.82 Å². The van der Waals surface area contributed by atoms with Gasteiger partial charge in [0.05, 0.1) is 13.2 Å². The molecule has 2 heterocycles. The van der Waals surface area contributed by atoms with Crippen LogP contribution in [-0.4, -0.2) is 52.3 Å². The molecule has 134 valence electrons. The van der Waals surface area contributed by atoms with Crippen molar-refractivity contribution in [3.63, 3.8) is 0 Å². The Balaban J connectivity index is 1.56. The normalized spacial score (nSPS) is 17.8. The molecule has 25 heavy (non-hydrogen) atoms. The Morgan fingerprint density at radius 3 is 2.88 bits per heavy atom. The largest absolute Gasteiger partial charge is 0.484 e. The molecule has 1 atom stereocenters. The molecule has 1 fully saturated rings. The molecule has 0 bridgehead atoms. The number of aromatic amines is 1. The molecule has 1 N–H and O–H groups in total. The van der Waals surface area contributed by atoms with Gasteiger partial charge < -0.3 is 14.4 Å². The molecule has 1 aromatic heterocycles. The Bertz CT molecular complexity index is 717. The van der Waals surface area contributed by atoms with Gasteiger partial charge in [-0.1, -0.05) is 13.8 Å². The summed E-state index contributed by atoms with van der Waals surface area (Å²) in [6, 6.07) is 5.57. The van der Waals surface area contributed by atoms with Crippen molar-refractivity contribution in [3.05, 3.63) is 41.7 Å². The molecule has 1 aliphatic heterocycles. The van der Waals surface area contributed by atoms with E-state index in [2.05, 4.69) is 15.2 Å². The van der Waals surface area contributed by atoms with Gasteiger partial charge in [0.15, 0.2) is 18.3 Å². The Labute approximate surface area is 145 Å². The van der Waals surface area contributed by atoms with Gasteiger partial charge in [-0.3, -0.25) is 9.89 Å². The molecule has 1 aromatic carbocycles. The molecule has 0 saturated carbocycles. The van der Waals surface area contributed by atoms with Gasteiger partial charge in [-0.25, -0.2) is 9.37 Å². The molecule has 1 saturated heterocycles. The molecule has 1 aliphatic rings. The van der Waals surface area contributed by atoms with Gasteiger partial charge in [-0.05, 0) is 24.3 Å². The standard InChI is InChI=1S/C17H21FN4O3/c1-11(2)16-19-17(21-20-16)14-9-22(7-8-24-14)15(23)10-25-13-5-3-12(18)4-6-13/h3-6,11,14H,7-10H2,1-2H3,(H,19,20,21)/t14-/m1/s1. The van der Waals surface area contributed by atoms with Crippen molar-refractivity contribution in [1.82, 2.24) is 20.1 Å². The van der Waals surface area contributed by atoms with Crippen LogP contribution < -0.4 is 4.74 Å². The molecule has 0 unspecified atom stereocenters. The third kappa shape index (κ3) is 4.33. The van der Waals surface area contributed by atoms with Gasteiger partial charge in [0, 0.05) is 12.5 Å². The van der Waals surface area contributed by atoms with Gasteiger partial charge in [-0.15, -0.1) is 0 Å². The summed E-state index contributed by atoms with van der Waals surface area (Å²) >= 11 is 0. The van der Waals surface area contributed by atoms with Crippen LogP contribution >= 0.6 is 0 Å². The Morgan fingerprint density at radius 1 is 1.44 bits per heavy atom. The van der Waals surface area contributed by atoms with Gasteiger partial charge >= 0.3 is 0 Å². The second kappa shape index (κ2) is 7.60. The number of hydrogen-bond acceptors (Lipinski definition) is 5. The first kappa shape index (κ1) is 17.3. The first-order chi connectivity index (χ1) is 12.0. The zero-order valence-corrected chi connectivity index (χ0v) is 14.2. The number of carbonyl (C=O) groups excluding carboxylic acids is 1. The number of nitrogens with zero attached hydrogens (tertiary/aromatic N) is 3. The summed E-state index contributed by atoms with van der Waals surface area (Å²) in [5, 5.41) is 7.06. The number of rotatable bonds is 5. The molecule has 8 heteroatoms. The number of nitrogens with one attached hydrogen (secondary N) is 1. The lowest BCUT2D eigenvalue weighted by Crippen LogP contribution is -2.44. The molecule has 2 aromatic rings. The minimum atomic E-state index is -0.345. The zero-order valence-electron chi connectivity index (χ0n) is 14.2. The van der Waals surface area contributed by atoms with Crippen molar-refractivity contribution in [3.8, 4) is 5.75 Å². The molecule has 0 aliphatic carbocycles. The van der Waals surface area contributed by atoms with E-state index in [-0.39, 0.29) is 30.4 Å². The van der Waals surface area contributed by atoms with Gasteiger partial charge in [0.2, 0.25) is 0 Å². The van der Waals surface area contributed by atoms with Gasteiger partial charge in [0.25, 0.3) is 5.91 Å². The van der Waals surface area contributed by atoms with Crippen LogP contribution in [0.25, 0.3) is 0 Å². The SMILES string of the molecule is CC(C)c1n[nH]c([C@H]2CN(C(=O)COc3ccc(F)cc3)CCO2)n1. The minimum absolute atomic E-state index is 0.105. The lowest BCUT2D eigenvalue weighted by atomic mass is 10.2. The summed E-state index contributed by atoms with van der Waals surface area (Å²) in [6.07, 6.45) is -0.330. The highest BCUT2D eigenvalue weighted by Gasteiger charge is 2.28. The summed E-state index contributed by atoms with van der Waals surface area (Å²) in [7, 11) is 0. The van der Waals surface area contributed by atoms with Crippen LogP contribution in [0.3, 0.4) is 0 Å². The van der Waals surface area contributed by atoms with E-state index in [1.807, 2.05) is 13.8 Å². The van der Waals surface area contributed by atoms with Crippen LogP contribution in [0.2, 0.25) is 0 Å². The van der Waals surface area contributed by atoms with E-state index in [0.29, 0.717) is 31.3 Å². The highest BCUT2D eigenvalue weighted by Crippen LogP contribution is 2.21. The number of halogens is 1. The molecule has 0 spiro atoms. The lowest BCUT2D eigenvalue weighted by Gasteiger charge is -2.31. The predicted octanol–water partition coefficient (Wildman–Crippen LogP) is 2.05. The molecular formula is C17H21FN4O3. The molecule has 0 radical (unpaired) electrons. The highest BCUT2D eigenvalue weighted by molar-refractivity contribution is 5.77. The van der Waals surface area contributed by atoms with Crippen molar-refractivity contribution in [2.24, 2.45) is 0 Å². The van der Waals surface area contributed by atoms with E-state index >= 15 is 0 Å². The van der Waals surface area contributed by atoms with E-state index in [9.17, 15) is 9.18 Å². The molecular weight excluding hydrogens is 327 g/mol. The van der Waals surface area contributed by atoms with E-state index in [1.54, 1.807) is 4.90 Å². The van der Waals surface area contributed by atoms with Crippen molar-refractivity contribution in [2.45, 2.75) is 25.9 Å². The van der Waals surface area contributed by atoms with Gasteiger partial charge in [-0.2, -0.15) is 5.10 Å². The number of ether oxygens (including phenoxy) is 2. The van der Waals surface area contributed by atoms with Crippen LogP contribution in [-0.2, 0) is 9.53 Å². The van der Waals surface area contributed by atoms with Crippen molar-refractivity contribution >= 4 is 5.91 Å². The summed E-state index contributed by atoms with van der Waals surface area (Å²) < 4.78 is 24.0. The molecule has 1 amide bonds. The number of hydrogen-bond donors (Lipinski definition) is 1. The maximum Gasteiger partial charge on any atom is 0.260 e. The number of H-pyrrole nitrogens is 1. The summed E-state index contributed by atoms with van der Waals surface area (Å²) in [5.74, 6) is 1.53. The fourth-order valence-electron chi connectivity index (χ4n) is 2.50. The Morgan fingerprint density at radius 2 is 2.20 bits per heavy atom. The topological polar surface area (TPSA) is 80.3 Å². The fourth-order valence-corrected chi connectivity index (χ4v) is 2.50. The monoisotopic (exact) mass is 348 g/mol. The smallest absolute Gasteiger partial charge is 0.260 e. The van der Waals surface area contributed by atoms with E-state index < -0.39 is 0 Å². The van der Waals surface area contributed by atoms with Crippen LogP contribution in [0.5, 0.6) is 5.75 Å². The van der Waals surface area contributed by atoms with E-state index in [4.69, 9.17) is 9.47 Å². The third-order valence-electron chi connectivity index (χ3n) is 3.94. The fraction of sp³-hybridized carbons (Fsp3) is 0.471. The quantitative estimate of drug-likeness (QED) is 0.894. The lowest BCUT2D eigenvalue weighted by molar-refractivity contribution is -0.141. The second-order valence-corrected chi connectivity index (χ2v) is 6.18.